The highest BCUT2D eigenvalue weighted by Gasteiger charge is 2.15. The average molecular weight is 251 g/mol. The van der Waals surface area contributed by atoms with Crippen LogP contribution in [0.3, 0.4) is 0 Å². The molecule has 0 aliphatic rings. The Kier molecular flexibility index (Phi) is 2.74. The zero-order valence-corrected chi connectivity index (χ0v) is 10.5. The fourth-order valence-electron chi connectivity index (χ4n) is 1.64. The molecule has 2 heterocycles. The molecule has 0 saturated carbocycles. The average Bonchev–Trinajstić information content (AvgIpc) is 2.55. The van der Waals surface area contributed by atoms with E-state index in [0.29, 0.717) is 10.2 Å². The summed E-state index contributed by atoms with van der Waals surface area (Å²) in [5.74, 6) is -1.29. The number of aliphatic carboxylic acids is 1. The second kappa shape index (κ2) is 3.96. The van der Waals surface area contributed by atoms with Gasteiger partial charge < -0.3 is 9.90 Å². The van der Waals surface area contributed by atoms with Crippen LogP contribution in [-0.4, -0.2) is 15.5 Å². The van der Waals surface area contributed by atoms with Crippen LogP contribution in [0, 0.1) is 13.8 Å². The van der Waals surface area contributed by atoms with Crippen molar-refractivity contribution < 1.29 is 9.90 Å². The lowest BCUT2D eigenvalue weighted by Gasteiger charge is -2.15. The molecular weight excluding hydrogens is 240 g/mol. The number of fused-ring (bicyclic) bond motifs is 1. The summed E-state index contributed by atoms with van der Waals surface area (Å²) in [5, 5.41) is 11.3. The molecule has 0 saturated heterocycles. The van der Waals surface area contributed by atoms with Crippen LogP contribution in [0.1, 0.15) is 23.4 Å². The molecule has 0 spiro atoms. The van der Waals surface area contributed by atoms with Gasteiger partial charge >= 0.3 is 0 Å². The molecule has 0 aliphatic heterocycles. The topological polar surface area (TPSA) is 75.0 Å². The molecule has 2 aromatic rings. The van der Waals surface area contributed by atoms with Crippen molar-refractivity contribution in [1.29, 1.82) is 0 Å². The van der Waals surface area contributed by atoms with Crippen molar-refractivity contribution >= 4 is 27.5 Å². The van der Waals surface area contributed by atoms with Crippen molar-refractivity contribution in [2.75, 3.05) is 0 Å². The quantitative estimate of drug-likeness (QED) is 0.773. The van der Waals surface area contributed by atoms with E-state index in [-0.39, 0.29) is 5.56 Å². The number of carbonyl (C=O) groups excluding carboxylic acids is 1. The Morgan fingerprint density at radius 1 is 1.53 bits per heavy atom. The maximum Gasteiger partial charge on any atom is 0.262 e. The van der Waals surface area contributed by atoms with E-state index < -0.39 is 12.0 Å². The monoisotopic (exact) mass is 251 g/mol. The minimum Gasteiger partial charge on any atom is -0.548 e. The third kappa shape index (κ3) is 1.74. The Balaban J connectivity index is 2.78. The first-order valence-corrected chi connectivity index (χ1v) is 5.92. The summed E-state index contributed by atoms with van der Waals surface area (Å²) >= 11 is 1.43. The van der Waals surface area contributed by atoms with Crippen LogP contribution in [0.4, 0.5) is 0 Å². The van der Waals surface area contributed by atoms with E-state index in [2.05, 4.69) is 4.98 Å². The molecule has 0 unspecified atom stereocenters. The summed E-state index contributed by atoms with van der Waals surface area (Å²) in [4.78, 5) is 28.7. The van der Waals surface area contributed by atoms with E-state index >= 15 is 0 Å². The summed E-state index contributed by atoms with van der Waals surface area (Å²) < 4.78 is 1.09. The number of carboxylic acid groups (broad SMARTS) is 1. The van der Waals surface area contributed by atoms with Crippen LogP contribution in [0.15, 0.2) is 11.1 Å². The minimum absolute atomic E-state index is 0.325. The highest BCUT2D eigenvalue weighted by Crippen LogP contribution is 2.25. The Morgan fingerprint density at radius 3 is 2.76 bits per heavy atom. The van der Waals surface area contributed by atoms with Gasteiger partial charge in [-0.2, -0.15) is 0 Å². The maximum absolute atomic E-state index is 12.1. The van der Waals surface area contributed by atoms with E-state index in [1.165, 1.54) is 24.6 Å². The van der Waals surface area contributed by atoms with Crippen LogP contribution in [0.5, 0.6) is 0 Å². The largest absolute Gasteiger partial charge is 0.548 e. The van der Waals surface area contributed by atoms with Gasteiger partial charge in [0.15, 0.2) is 0 Å². The van der Waals surface area contributed by atoms with Crippen LogP contribution in [0.2, 0.25) is 0 Å². The van der Waals surface area contributed by atoms with Gasteiger partial charge in [0, 0.05) is 4.88 Å². The zero-order valence-electron chi connectivity index (χ0n) is 9.68. The van der Waals surface area contributed by atoms with Crippen molar-refractivity contribution in [1.82, 2.24) is 9.55 Å². The van der Waals surface area contributed by atoms with Crippen LogP contribution in [-0.2, 0) is 4.79 Å². The highest BCUT2D eigenvalue weighted by molar-refractivity contribution is 7.18. The molecule has 17 heavy (non-hydrogen) atoms. The number of hydrogen-bond acceptors (Lipinski definition) is 5. The Labute approximate surface area is 101 Å². The molecule has 0 amide bonds. The van der Waals surface area contributed by atoms with E-state index in [4.69, 9.17) is 0 Å². The molecular formula is C11H11N2O3S-. The molecule has 1 atom stereocenters. The standard InChI is InChI=1S/C11H12N2O3S/c1-5-7(3)17-9-8(5)10(14)13(4-12-9)6(2)11(15)16/h4,6H,1-3H3,(H,15,16)/p-1/t6-/m0/s1. The number of hydrogen-bond donors (Lipinski definition) is 0. The van der Waals surface area contributed by atoms with Crippen molar-refractivity contribution in [2.24, 2.45) is 0 Å². The van der Waals surface area contributed by atoms with Crippen molar-refractivity contribution in [3.05, 3.63) is 27.1 Å². The second-order valence-electron chi connectivity index (χ2n) is 3.92. The molecule has 0 aliphatic carbocycles. The molecule has 0 aromatic carbocycles. The Bertz CT molecular complexity index is 657. The first-order chi connectivity index (χ1) is 7.93. The summed E-state index contributed by atoms with van der Waals surface area (Å²) in [6.45, 7) is 5.15. The smallest absolute Gasteiger partial charge is 0.262 e. The third-order valence-electron chi connectivity index (χ3n) is 2.87. The van der Waals surface area contributed by atoms with Gasteiger partial charge in [-0.05, 0) is 26.3 Å². The highest BCUT2D eigenvalue weighted by atomic mass is 32.1. The number of rotatable bonds is 2. The lowest BCUT2D eigenvalue weighted by atomic mass is 10.2. The van der Waals surface area contributed by atoms with Crippen molar-refractivity contribution in [2.45, 2.75) is 26.8 Å². The fourth-order valence-corrected chi connectivity index (χ4v) is 2.62. The molecule has 0 bridgehead atoms. The second-order valence-corrected chi connectivity index (χ2v) is 5.12. The Hall–Kier alpha value is -1.69. The number of nitrogens with zero attached hydrogens (tertiary/aromatic N) is 2. The molecule has 90 valence electrons. The summed E-state index contributed by atoms with van der Waals surface area (Å²) in [7, 11) is 0. The van der Waals surface area contributed by atoms with Gasteiger partial charge in [-0.3, -0.25) is 9.36 Å². The first-order valence-electron chi connectivity index (χ1n) is 5.11. The Morgan fingerprint density at radius 2 is 2.18 bits per heavy atom. The van der Waals surface area contributed by atoms with E-state index in [1.807, 2.05) is 13.8 Å². The maximum atomic E-state index is 12.1. The van der Waals surface area contributed by atoms with E-state index in [1.54, 1.807) is 0 Å². The lowest BCUT2D eigenvalue weighted by molar-refractivity contribution is -0.309. The SMILES string of the molecule is Cc1sc2ncn([C@@H](C)C(=O)[O-])c(=O)c2c1C. The molecule has 6 heteroatoms. The molecule has 0 fully saturated rings. The summed E-state index contributed by atoms with van der Waals surface area (Å²) in [6.07, 6.45) is 1.26. The van der Waals surface area contributed by atoms with Gasteiger partial charge in [0.25, 0.3) is 5.56 Å². The number of aryl methyl sites for hydroxylation is 2. The first kappa shape index (κ1) is 11.8. The predicted molar refractivity (Wildman–Crippen MR) is 63.1 cm³/mol. The van der Waals surface area contributed by atoms with Gasteiger partial charge in [0.05, 0.1) is 23.7 Å². The number of thiophene rings is 1. The van der Waals surface area contributed by atoms with Gasteiger partial charge in [-0.15, -0.1) is 11.3 Å². The predicted octanol–water partition coefficient (Wildman–Crippen LogP) is 0.386. The molecule has 2 rings (SSSR count). The summed E-state index contributed by atoms with van der Waals surface area (Å²) in [5.41, 5.74) is 0.538. The molecule has 0 radical (unpaired) electrons. The number of aromatic nitrogens is 2. The fraction of sp³-hybridized carbons (Fsp3) is 0.364. The molecule has 0 N–H and O–H groups in total. The normalized spacial score (nSPS) is 12.9. The third-order valence-corrected chi connectivity index (χ3v) is 3.99. The number of carboxylic acids is 1. The van der Waals surface area contributed by atoms with Crippen molar-refractivity contribution in [3.8, 4) is 0 Å². The van der Waals surface area contributed by atoms with Crippen LogP contribution >= 0.6 is 11.3 Å². The van der Waals surface area contributed by atoms with Gasteiger partial charge in [-0.1, -0.05) is 0 Å². The minimum atomic E-state index is -1.29. The van der Waals surface area contributed by atoms with Crippen molar-refractivity contribution in [3.63, 3.8) is 0 Å². The van der Waals surface area contributed by atoms with Gasteiger partial charge in [0.1, 0.15) is 4.83 Å². The molecule has 5 nitrogen and oxygen atoms in total. The van der Waals surface area contributed by atoms with Crippen LogP contribution in [0.25, 0.3) is 10.2 Å². The van der Waals surface area contributed by atoms with Gasteiger partial charge in [-0.25, -0.2) is 4.98 Å². The lowest BCUT2D eigenvalue weighted by Crippen LogP contribution is -2.36. The van der Waals surface area contributed by atoms with E-state index in [9.17, 15) is 14.7 Å². The van der Waals surface area contributed by atoms with Gasteiger partial charge in [0.2, 0.25) is 0 Å². The zero-order chi connectivity index (χ0) is 12.7. The van der Waals surface area contributed by atoms with E-state index in [0.717, 1.165) is 15.0 Å². The number of carbonyl (C=O) groups is 1. The van der Waals surface area contributed by atoms with Crippen LogP contribution < -0.4 is 10.7 Å². The molecule has 2 aromatic heterocycles. The summed E-state index contributed by atoms with van der Waals surface area (Å²) in [6, 6.07) is -1.01.